The Labute approximate surface area is 122 Å². The Hall–Kier alpha value is -1.47. The normalized spacial score (nSPS) is 17.8. The first-order valence-corrected chi connectivity index (χ1v) is 7.63. The summed E-state index contributed by atoms with van der Waals surface area (Å²) in [5.41, 5.74) is 6.22. The van der Waals surface area contributed by atoms with E-state index in [1.54, 1.807) is 22.1 Å². The Balaban J connectivity index is 2.03. The summed E-state index contributed by atoms with van der Waals surface area (Å²) < 4.78 is 0. The minimum atomic E-state index is -0.154. The number of aromatic nitrogens is 1. The summed E-state index contributed by atoms with van der Waals surface area (Å²) in [4.78, 5) is 31.6. The van der Waals surface area contributed by atoms with Crippen molar-refractivity contribution in [2.45, 2.75) is 26.3 Å². The number of thiazole rings is 1. The summed E-state index contributed by atoms with van der Waals surface area (Å²) in [5.74, 6) is -0.00856. The molecule has 0 saturated carbocycles. The van der Waals surface area contributed by atoms with Crippen LogP contribution < -0.4 is 5.73 Å². The molecule has 2 N–H and O–H groups in total. The van der Waals surface area contributed by atoms with Crippen molar-refractivity contribution in [1.29, 1.82) is 0 Å². The molecule has 1 aliphatic heterocycles. The molecule has 1 unspecified atom stereocenters. The van der Waals surface area contributed by atoms with Gasteiger partial charge in [-0.15, -0.1) is 11.3 Å². The number of amides is 2. The van der Waals surface area contributed by atoms with Gasteiger partial charge < -0.3 is 15.5 Å². The van der Waals surface area contributed by atoms with Crippen LogP contribution in [-0.4, -0.2) is 52.8 Å². The Morgan fingerprint density at radius 1 is 1.30 bits per heavy atom. The fourth-order valence-corrected chi connectivity index (χ4v) is 2.94. The van der Waals surface area contributed by atoms with Crippen molar-refractivity contribution in [2.24, 2.45) is 5.73 Å². The summed E-state index contributed by atoms with van der Waals surface area (Å²) in [6.07, 6.45) is 0.801. The minimum absolute atomic E-state index is 0.0622. The largest absolute Gasteiger partial charge is 0.341 e. The zero-order valence-corrected chi connectivity index (χ0v) is 12.7. The predicted octanol–water partition coefficient (Wildman–Crippen LogP) is 0.857. The fourth-order valence-electron chi connectivity index (χ4n) is 2.19. The van der Waals surface area contributed by atoms with Gasteiger partial charge in [-0.3, -0.25) is 9.59 Å². The number of rotatable bonds is 2. The molecule has 2 amide bonds. The van der Waals surface area contributed by atoms with E-state index in [9.17, 15) is 9.59 Å². The van der Waals surface area contributed by atoms with Gasteiger partial charge in [0.15, 0.2) is 0 Å². The molecule has 0 spiro atoms. The number of hydrogen-bond acceptors (Lipinski definition) is 5. The maximum absolute atomic E-state index is 12.4. The predicted molar refractivity (Wildman–Crippen MR) is 77.5 cm³/mol. The second-order valence-corrected chi connectivity index (χ2v) is 5.90. The summed E-state index contributed by atoms with van der Waals surface area (Å²) >= 11 is 1.41. The Kier molecular flexibility index (Phi) is 4.72. The molecule has 6 nitrogen and oxygen atoms in total. The van der Waals surface area contributed by atoms with E-state index in [1.165, 1.54) is 11.3 Å². The lowest BCUT2D eigenvalue weighted by atomic mass is 10.3. The molecule has 110 valence electrons. The van der Waals surface area contributed by atoms with Crippen molar-refractivity contribution >= 4 is 23.2 Å². The van der Waals surface area contributed by atoms with Crippen LogP contribution in [-0.2, 0) is 4.79 Å². The zero-order chi connectivity index (χ0) is 14.7. The molecule has 1 saturated heterocycles. The lowest BCUT2D eigenvalue weighted by Gasteiger charge is -2.20. The molecular formula is C13H20N4O2S. The van der Waals surface area contributed by atoms with Gasteiger partial charge in [-0.25, -0.2) is 4.98 Å². The number of nitrogens with two attached hydrogens (primary N) is 1. The van der Waals surface area contributed by atoms with Crippen LogP contribution in [0.4, 0.5) is 0 Å². The molecule has 7 heteroatoms. The standard InChI is InChI=1S/C13H20N4O2S/c1-9(14)12-15-11(8-20-12)13(19)17-5-3-4-16(6-7-17)10(2)18/h8-9H,3-7,14H2,1-2H3. The third kappa shape index (κ3) is 3.34. The molecule has 2 rings (SSSR count). The molecule has 0 radical (unpaired) electrons. The van der Waals surface area contributed by atoms with Crippen LogP contribution in [0.25, 0.3) is 0 Å². The molecule has 0 aliphatic carbocycles. The first-order chi connectivity index (χ1) is 9.49. The van der Waals surface area contributed by atoms with Crippen molar-refractivity contribution in [2.75, 3.05) is 26.2 Å². The van der Waals surface area contributed by atoms with Crippen LogP contribution in [0.15, 0.2) is 5.38 Å². The van der Waals surface area contributed by atoms with Crippen molar-refractivity contribution < 1.29 is 9.59 Å². The summed E-state index contributed by atoms with van der Waals surface area (Å²) in [7, 11) is 0. The van der Waals surface area contributed by atoms with Gasteiger partial charge in [0.2, 0.25) is 5.91 Å². The van der Waals surface area contributed by atoms with Crippen LogP contribution in [0.1, 0.15) is 41.8 Å². The van der Waals surface area contributed by atoms with Crippen molar-refractivity contribution in [3.05, 3.63) is 16.1 Å². The Morgan fingerprint density at radius 3 is 2.55 bits per heavy atom. The number of hydrogen-bond donors (Lipinski definition) is 1. The Bertz CT molecular complexity index is 500. The molecule has 2 heterocycles. The molecule has 1 aliphatic rings. The van der Waals surface area contributed by atoms with Crippen LogP contribution >= 0.6 is 11.3 Å². The highest BCUT2D eigenvalue weighted by Gasteiger charge is 2.23. The van der Waals surface area contributed by atoms with Crippen molar-refractivity contribution in [3.63, 3.8) is 0 Å². The zero-order valence-electron chi connectivity index (χ0n) is 11.8. The van der Waals surface area contributed by atoms with E-state index in [-0.39, 0.29) is 17.9 Å². The SMILES string of the molecule is CC(=O)N1CCCN(C(=O)c2csc(C(C)N)n2)CC1. The van der Waals surface area contributed by atoms with E-state index in [0.717, 1.165) is 11.4 Å². The molecule has 0 bridgehead atoms. The van der Waals surface area contributed by atoms with Gasteiger partial charge in [0.25, 0.3) is 5.91 Å². The second-order valence-electron chi connectivity index (χ2n) is 5.01. The van der Waals surface area contributed by atoms with Gasteiger partial charge in [-0.2, -0.15) is 0 Å². The molecular weight excluding hydrogens is 276 g/mol. The molecule has 1 aromatic heterocycles. The van der Waals surface area contributed by atoms with E-state index in [1.807, 2.05) is 6.92 Å². The first kappa shape index (κ1) is 14.9. The highest BCUT2D eigenvalue weighted by Crippen LogP contribution is 2.17. The molecule has 1 atom stereocenters. The average Bonchev–Trinajstić information content (AvgIpc) is 2.76. The second kappa shape index (κ2) is 6.32. The molecule has 20 heavy (non-hydrogen) atoms. The van der Waals surface area contributed by atoms with Gasteiger partial charge in [0.1, 0.15) is 10.7 Å². The van der Waals surface area contributed by atoms with E-state index in [0.29, 0.717) is 31.9 Å². The maximum atomic E-state index is 12.4. The Morgan fingerprint density at radius 2 is 1.95 bits per heavy atom. The van der Waals surface area contributed by atoms with Crippen molar-refractivity contribution in [3.8, 4) is 0 Å². The highest BCUT2D eigenvalue weighted by atomic mass is 32.1. The topological polar surface area (TPSA) is 79.5 Å². The van der Waals surface area contributed by atoms with E-state index in [2.05, 4.69) is 4.98 Å². The number of nitrogens with zero attached hydrogens (tertiary/aromatic N) is 3. The quantitative estimate of drug-likeness (QED) is 0.877. The van der Waals surface area contributed by atoms with Gasteiger partial charge in [0, 0.05) is 38.5 Å². The lowest BCUT2D eigenvalue weighted by Crippen LogP contribution is -2.36. The summed E-state index contributed by atoms with van der Waals surface area (Å²) in [6.45, 7) is 5.93. The van der Waals surface area contributed by atoms with Crippen LogP contribution in [0.3, 0.4) is 0 Å². The summed E-state index contributed by atoms with van der Waals surface area (Å²) in [6, 6.07) is -0.154. The highest BCUT2D eigenvalue weighted by molar-refractivity contribution is 7.09. The van der Waals surface area contributed by atoms with Crippen molar-refractivity contribution in [1.82, 2.24) is 14.8 Å². The molecule has 0 aromatic carbocycles. The van der Waals surface area contributed by atoms with Gasteiger partial charge in [0.05, 0.1) is 6.04 Å². The fraction of sp³-hybridized carbons (Fsp3) is 0.615. The molecule has 1 aromatic rings. The van der Waals surface area contributed by atoms with Crippen LogP contribution in [0.2, 0.25) is 0 Å². The van der Waals surface area contributed by atoms with Crippen LogP contribution in [0, 0.1) is 0 Å². The number of carbonyl (C=O) groups is 2. The smallest absolute Gasteiger partial charge is 0.273 e. The van der Waals surface area contributed by atoms with Gasteiger partial charge in [-0.1, -0.05) is 0 Å². The van der Waals surface area contributed by atoms with Gasteiger partial charge in [-0.05, 0) is 13.3 Å². The third-order valence-corrected chi connectivity index (χ3v) is 4.40. The minimum Gasteiger partial charge on any atom is -0.341 e. The van der Waals surface area contributed by atoms with Gasteiger partial charge >= 0.3 is 0 Å². The maximum Gasteiger partial charge on any atom is 0.273 e. The average molecular weight is 296 g/mol. The third-order valence-electron chi connectivity index (χ3n) is 3.36. The first-order valence-electron chi connectivity index (χ1n) is 6.75. The summed E-state index contributed by atoms with van der Waals surface area (Å²) in [5, 5.41) is 2.53. The molecule has 1 fully saturated rings. The van der Waals surface area contributed by atoms with E-state index in [4.69, 9.17) is 5.73 Å². The van der Waals surface area contributed by atoms with E-state index < -0.39 is 0 Å². The lowest BCUT2D eigenvalue weighted by molar-refractivity contribution is -0.128. The van der Waals surface area contributed by atoms with Crippen LogP contribution in [0.5, 0.6) is 0 Å². The number of carbonyl (C=O) groups excluding carboxylic acids is 2. The monoisotopic (exact) mass is 296 g/mol. The van der Waals surface area contributed by atoms with E-state index >= 15 is 0 Å².